The van der Waals surface area contributed by atoms with Crippen molar-refractivity contribution in [3.8, 4) is 0 Å². The van der Waals surface area contributed by atoms with Gasteiger partial charge in [-0.05, 0) is 12.1 Å². The number of amides is 2. The van der Waals surface area contributed by atoms with Crippen molar-refractivity contribution in [1.82, 2.24) is 9.78 Å². The van der Waals surface area contributed by atoms with Crippen molar-refractivity contribution in [3.05, 3.63) is 42.2 Å². The van der Waals surface area contributed by atoms with Crippen LogP contribution in [0.15, 0.2) is 36.7 Å². The fourth-order valence-corrected chi connectivity index (χ4v) is 1.61. The van der Waals surface area contributed by atoms with Crippen molar-refractivity contribution in [3.63, 3.8) is 0 Å². The SMILES string of the molecule is Cn1cc(NC(=O)Nc2ccccc2C(F)(F)F)cn1. The summed E-state index contributed by atoms with van der Waals surface area (Å²) < 4.78 is 39.7. The zero-order valence-corrected chi connectivity index (χ0v) is 10.4. The number of benzene rings is 1. The van der Waals surface area contributed by atoms with Crippen LogP contribution >= 0.6 is 0 Å². The number of nitrogens with one attached hydrogen (secondary N) is 2. The minimum atomic E-state index is -4.53. The van der Waals surface area contributed by atoms with E-state index in [4.69, 9.17) is 0 Å². The summed E-state index contributed by atoms with van der Waals surface area (Å²) in [4.78, 5) is 11.6. The number of anilines is 2. The highest BCUT2D eigenvalue weighted by Crippen LogP contribution is 2.34. The zero-order chi connectivity index (χ0) is 14.8. The topological polar surface area (TPSA) is 59.0 Å². The molecule has 8 heteroatoms. The van der Waals surface area contributed by atoms with E-state index in [-0.39, 0.29) is 5.69 Å². The molecule has 1 aromatic heterocycles. The van der Waals surface area contributed by atoms with E-state index in [1.54, 1.807) is 7.05 Å². The Kier molecular flexibility index (Phi) is 3.64. The fraction of sp³-hybridized carbons (Fsp3) is 0.167. The van der Waals surface area contributed by atoms with E-state index in [1.807, 2.05) is 0 Å². The number of urea groups is 1. The lowest BCUT2D eigenvalue weighted by atomic mass is 10.1. The Morgan fingerprint density at radius 2 is 1.95 bits per heavy atom. The van der Waals surface area contributed by atoms with Crippen LogP contribution in [-0.2, 0) is 13.2 Å². The smallest absolute Gasteiger partial charge is 0.307 e. The van der Waals surface area contributed by atoms with Gasteiger partial charge in [-0.3, -0.25) is 4.68 Å². The molecule has 2 N–H and O–H groups in total. The minimum absolute atomic E-state index is 0.304. The summed E-state index contributed by atoms with van der Waals surface area (Å²) in [6.07, 6.45) is -1.62. The van der Waals surface area contributed by atoms with Crippen LogP contribution in [0, 0.1) is 0 Å². The van der Waals surface area contributed by atoms with Gasteiger partial charge in [0.1, 0.15) is 0 Å². The summed E-state index contributed by atoms with van der Waals surface area (Å²) in [6, 6.07) is 3.99. The third kappa shape index (κ3) is 3.28. The minimum Gasteiger partial charge on any atom is -0.307 e. The molecule has 0 saturated heterocycles. The van der Waals surface area contributed by atoms with E-state index < -0.39 is 17.8 Å². The van der Waals surface area contributed by atoms with Crippen LogP contribution in [0.25, 0.3) is 0 Å². The first-order valence-corrected chi connectivity index (χ1v) is 5.59. The Morgan fingerprint density at radius 3 is 2.55 bits per heavy atom. The summed E-state index contributed by atoms with van der Waals surface area (Å²) in [5, 5.41) is 8.38. The molecule has 2 rings (SSSR count). The number of carbonyl (C=O) groups excluding carboxylic acids is 1. The molecular weight excluding hydrogens is 273 g/mol. The molecule has 106 valence electrons. The van der Waals surface area contributed by atoms with Crippen molar-refractivity contribution >= 4 is 17.4 Å². The maximum atomic E-state index is 12.7. The third-order valence-electron chi connectivity index (χ3n) is 2.44. The molecule has 5 nitrogen and oxygen atoms in total. The Balaban J connectivity index is 2.12. The summed E-state index contributed by atoms with van der Waals surface area (Å²) in [7, 11) is 1.65. The Labute approximate surface area is 112 Å². The lowest BCUT2D eigenvalue weighted by Crippen LogP contribution is -2.21. The third-order valence-corrected chi connectivity index (χ3v) is 2.44. The maximum absolute atomic E-state index is 12.7. The molecule has 0 spiro atoms. The average Bonchev–Trinajstić information content (AvgIpc) is 2.73. The van der Waals surface area contributed by atoms with Gasteiger partial charge < -0.3 is 10.6 Å². The molecule has 2 aromatic rings. The molecule has 0 unspecified atom stereocenters. The first kappa shape index (κ1) is 13.9. The van der Waals surface area contributed by atoms with Gasteiger partial charge in [0.2, 0.25) is 0 Å². The van der Waals surface area contributed by atoms with Gasteiger partial charge in [-0.2, -0.15) is 18.3 Å². The first-order chi connectivity index (χ1) is 9.36. The Morgan fingerprint density at radius 1 is 1.25 bits per heavy atom. The fourth-order valence-electron chi connectivity index (χ4n) is 1.61. The number of nitrogens with zero attached hydrogens (tertiary/aromatic N) is 2. The van der Waals surface area contributed by atoms with Gasteiger partial charge in [-0.15, -0.1) is 0 Å². The van der Waals surface area contributed by atoms with Crippen LogP contribution in [0.4, 0.5) is 29.3 Å². The van der Waals surface area contributed by atoms with Crippen LogP contribution in [0.2, 0.25) is 0 Å². The van der Waals surface area contributed by atoms with E-state index in [0.717, 1.165) is 6.07 Å². The predicted molar refractivity (Wildman–Crippen MR) is 67.3 cm³/mol. The summed E-state index contributed by atoms with van der Waals surface area (Å²) in [5.74, 6) is 0. The molecular formula is C12H11F3N4O. The number of carbonyl (C=O) groups is 1. The molecule has 0 radical (unpaired) electrons. The molecule has 0 atom stereocenters. The highest BCUT2D eigenvalue weighted by molar-refractivity contribution is 6.00. The maximum Gasteiger partial charge on any atom is 0.418 e. The second-order valence-electron chi connectivity index (χ2n) is 4.03. The second kappa shape index (κ2) is 5.24. The van der Waals surface area contributed by atoms with E-state index in [1.165, 1.54) is 35.3 Å². The lowest BCUT2D eigenvalue weighted by Gasteiger charge is -2.13. The number of alkyl halides is 3. The summed E-state index contributed by atoms with van der Waals surface area (Å²) >= 11 is 0. The van der Waals surface area contributed by atoms with Gasteiger partial charge in [0, 0.05) is 13.2 Å². The molecule has 1 heterocycles. The highest BCUT2D eigenvalue weighted by Gasteiger charge is 2.33. The van der Waals surface area contributed by atoms with Crippen LogP contribution in [-0.4, -0.2) is 15.8 Å². The standard InChI is InChI=1S/C12H11F3N4O/c1-19-7-8(6-16-19)17-11(20)18-10-5-3-2-4-9(10)12(13,14)15/h2-7H,1H3,(H2,17,18,20). The number of hydrogen-bond donors (Lipinski definition) is 2. The van der Waals surface area contributed by atoms with Gasteiger partial charge in [0.05, 0.1) is 23.1 Å². The number of aromatic nitrogens is 2. The number of hydrogen-bond acceptors (Lipinski definition) is 2. The first-order valence-electron chi connectivity index (χ1n) is 5.59. The number of rotatable bonds is 2. The predicted octanol–water partition coefficient (Wildman–Crippen LogP) is 3.08. The molecule has 0 saturated carbocycles. The quantitative estimate of drug-likeness (QED) is 0.890. The van der Waals surface area contributed by atoms with Crippen molar-refractivity contribution in [2.45, 2.75) is 6.18 Å². The summed E-state index contributed by atoms with van der Waals surface area (Å²) in [5.41, 5.74) is -0.822. The van der Waals surface area contributed by atoms with Gasteiger partial charge in [-0.1, -0.05) is 12.1 Å². The van der Waals surface area contributed by atoms with Crippen molar-refractivity contribution < 1.29 is 18.0 Å². The largest absolute Gasteiger partial charge is 0.418 e. The molecule has 1 aromatic carbocycles. The molecule has 2 amide bonds. The molecule has 0 aliphatic heterocycles. The van der Waals surface area contributed by atoms with Gasteiger partial charge in [0.25, 0.3) is 0 Å². The van der Waals surface area contributed by atoms with Crippen molar-refractivity contribution in [2.75, 3.05) is 10.6 Å². The van der Waals surface area contributed by atoms with Crippen LogP contribution < -0.4 is 10.6 Å². The van der Waals surface area contributed by atoms with Crippen LogP contribution in [0.5, 0.6) is 0 Å². The molecule has 0 aliphatic rings. The molecule has 20 heavy (non-hydrogen) atoms. The van der Waals surface area contributed by atoms with Crippen molar-refractivity contribution in [2.24, 2.45) is 7.05 Å². The molecule has 0 aliphatic carbocycles. The van der Waals surface area contributed by atoms with Crippen LogP contribution in [0.3, 0.4) is 0 Å². The zero-order valence-electron chi connectivity index (χ0n) is 10.4. The lowest BCUT2D eigenvalue weighted by molar-refractivity contribution is -0.136. The number of halogens is 3. The molecule has 0 bridgehead atoms. The summed E-state index contributed by atoms with van der Waals surface area (Å²) in [6.45, 7) is 0. The van der Waals surface area contributed by atoms with Gasteiger partial charge >= 0.3 is 12.2 Å². The number of aryl methyl sites for hydroxylation is 1. The number of para-hydroxylation sites is 1. The van der Waals surface area contributed by atoms with Gasteiger partial charge in [-0.25, -0.2) is 4.79 Å². The van der Waals surface area contributed by atoms with E-state index in [2.05, 4.69) is 15.7 Å². The van der Waals surface area contributed by atoms with Crippen LogP contribution in [0.1, 0.15) is 5.56 Å². The normalized spacial score (nSPS) is 11.2. The van der Waals surface area contributed by atoms with E-state index in [0.29, 0.717) is 5.69 Å². The highest BCUT2D eigenvalue weighted by atomic mass is 19.4. The van der Waals surface area contributed by atoms with Crippen molar-refractivity contribution in [1.29, 1.82) is 0 Å². The Bertz CT molecular complexity index is 621. The molecule has 0 fully saturated rings. The van der Waals surface area contributed by atoms with E-state index >= 15 is 0 Å². The monoisotopic (exact) mass is 284 g/mol. The Hall–Kier alpha value is -2.51. The van der Waals surface area contributed by atoms with E-state index in [9.17, 15) is 18.0 Å². The second-order valence-corrected chi connectivity index (χ2v) is 4.03. The average molecular weight is 284 g/mol. The van der Waals surface area contributed by atoms with Gasteiger partial charge in [0.15, 0.2) is 0 Å².